The van der Waals surface area contributed by atoms with Crippen molar-refractivity contribution in [3.05, 3.63) is 48.0 Å². The fourth-order valence-corrected chi connectivity index (χ4v) is 3.41. The van der Waals surface area contributed by atoms with E-state index in [9.17, 15) is 9.59 Å². The van der Waals surface area contributed by atoms with Crippen LogP contribution in [0.15, 0.2) is 42.5 Å². The number of rotatable bonds is 5. The fraction of sp³-hybridized carbons (Fsp3) is 0.474. The number of carbonyl (C=O) groups is 2. The molecule has 6 heteroatoms. The van der Waals surface area contributed by atoms with Crippen LogP contribution < -0.4 is 0 Å². The maximum Gasteiger partial charge on any atom is 0.338 e. The van der Waals surface area contributed by atoms with Crippen molar-refractivity contribution >= 4 is 11.9 Å². The van der Waals surface area contributed by atoms with Crippen molar-refractivity contribution in [1.82, 2.24) is 5.06 Å². The second-order valence-corrected chi connectivity index (χ2v) is 6.22. The van der Waals surface area contributed by atoms with Gasteiger partial charge in [-0.15, -0.1) is 0 Å². The van der Waals surface area contributed by atoms with E-state index in [-0.39, 0.29) is 36.6 Å². The van der Waals surface area contributed by atoms with Gasteiger partial charge in [0, 0.05) is 6.54 Å². The fourth-order valence-electron chi connectivity index (χ4n) is 3.41. The highest BCUT2D eigenvalue weighted by atomic mass is 16.7. The standard InChI is InChI=1S/C19H23NO5/c1-23-19(22)17-15-10-5-6-12-20(15)25-16(17)11-7-13-24-18(21)14-8-3-2-4-9-14/h2-4,7-9,11,15-17H,5-6,10,12-13H2,1H3/b11-7+/t15-,16-,17+/m0/s1. The van der Waals surface area contributed by atoms with Gasteiger partial charge in [-0.25, -0.2) is 4.79 Å². The van der Waals surface area contributed by atoms with Gasteiger partial charge in [0.1, 0.15) is 18.6 Å². The van der Waals surface area contributed by atoms with Gasteiger partial charge in [-0.05, 0) is 31.1 Å². The molecule has 0 N–H and O–H groups in total. The molecule has 134 valence electrons. The quantitative estimate of drug-likeness (QED) is 0.603. The van der Waals surface area contributed by atoms with Crippen molar-refractivity contribution in [2.24, 2.45) is 5.92 Å². The lowest BCUT2D eigenvalue weighted by atomic mass is 9.89. The number of hydrogen-bond donors (Lipinski definition) is 0. The molecular weight excluding hydrogens is 322 g/mol. The van der Waals surface area contributed by atoms with Crippen molar-refractivity contribution in [1.29, 1.82) is 0 Å². The lowest BCUT2D eigenvalue weighted by Crippen LogP contribution is -2.39. The van der Waals surface area contributed by atoms with Crippen molar-refractivity contribution < 1.29 is 23.9 Å². The van der Waals surface area contributed by atoms with E-state index in [2.05, 4.69) is 0 Å². The molecule has 3 rings (SSSR count). The summed E-state index contributed by atoms with van der Waals surface area (Å²) < 4.78 is 10.2. The minimum absolute atomic E-state index is 0.0581. The first-order valence-electron chi connectivity index (χ1n) is 8.61. The van der Waals surface area contributed by atoms with E-state index in [0.717, 1.165) is 25.8 Å². The van der Waals surface area contributed by atoms with E-state index in [1.54, 1.807) is 36.4 Å². The molecule has 6 nitrogen and oxygen atoms in total. The Balaban J connectivity index is 1.57. The van der Waals surface area contributed by atoms with Gasteiger partial charge in [0.2, 0.25) is 0 Å². The molecule has 0 radical (unpaired) electrons. The third-order valence-corrected chi connectivity index (χ3v) is 4.64. The number of hydrogen-bond acceptors (Lipinski definition) is 6. The van der Waals surface area contributed by atoms with E-state index < -0.39 is 0 Å². The Morgan fingerprint density at radius 1 is 1.28 bits per heavy atom. The van der Waals surface area contributed by atoms with Crippen LogP contribution in [0, 0.1) is 5.92 Å². The normalized spacial score (nSPS) is 26.4. The van der Waals surface area contributed by atoms with Crippen LogP contribution >= 0.6 is 0 Å². The third kappa shape index (κ3) is 4.08. The van der Waals surface area contributed by atoms with E-state index in [1.165, 1.54) is 7.11 Å². The first-order valence-corrected chi connectivity index (χ1v) is 8.61. The molecule has 2 saturated heterocycles. The number of benzene rings is 1. The Kier molecular flexibility index (Phi) is 5.83. The first kappa shape index (κ1) is 17.6. The molecule has 2 fully saturated rings. The van der Waals surface area contributed by atoms with E-state index in [4.69, 9.17) is 14.3 Å². The summed E-state index contributed by atoms with van der Waals surface area (Å²) >= 11 is 0. The molecule has 2 aliphatic heterocycles. The Labute approximate surface area is 147 Å². The number of nitrogens with zero attached hydrogens (tertiary/aromatic N) is 1. The zero-order valence-electron chi connectivity index (χ0n) is 14.3. The van der Waals surface area contributed by atoms with Gasteiger partial charge in [0.15, 0.2) is 0 Å². The van der Waals surface area contributed by atoms with Crippen LogP contribution in [0.4, 0.5) is 0 Å². The van der Waals surface area contributed by atoms with Crippen LogP contribution in [-0.4, -0.2) is 49.4 Å². The van der Waals surface area contributed by atoms with Crippen molar-refractivity contribution in [3.8, 4) is 0 Å². The smallest absolute Gasteiger partial charge is 0.338 e. The largest absolute Gasteiger partial charge is 0.469 e. The highest BCUT2D eigenvalue weighted by Crippen LogP contribution is 2.35. The molecule has 0 aliphatic carbocycles. The van der Waals surface area contributed by atoms with Crippen LogP contribution in [0.2, 0.25) is 0 Å². The molecule has 3 atom stereocenters. The molecule has 2 heterocycles. The number of methoxy groups -OCH3 is 1. The van der Waals surface area contributed by atoms with Crippen LogP contribution in [0.1, 0.15) is 29.6 Å². The van der Waals surface area contributed by atoms with Gasteiger partial charge in [-0.3, -0.25) is 9.63 Å². The monoisotopic (exact) mass is 345 g/mol. The molecule has 25 heavy (non-hydrogen) atoms. The molecule has 0 spiro atoms. The predicted molar refractivity (Wildman–Crippen MR) is 90.6 cm³/mol. The topological polar surface area (TPSA) is 65.1 Å². The SMILES string of the molecule is COC(=O)[C@H]1[C@H](/C=C/COC(=O)c2ccccc2)ON2CCCC[C@@H]12. The molecule has 0 bridgehead atoms. The average Bonchev–Trinajstić information content (AvgIpc) is 3.03. The summed E-state index contributed by atoms with van der Waals surface area (Å²) in [6, 6.07) is 8.89. The lowest BCUT2D eigenvalue weighted by molar-refractivity contribution is -0.160. The highest BCUT2D eigenvalue weighted by Gasteiger charge is 2.47. The number of piperidine rings is 1. The second-order valence-electron chi connectivity index (χ2n) is 6.22. The Morgan fingerprint density at radius 3 is 2.84 bits per heavy atom. The summed E-state index contributed by atoms with van der Waals surface area (Å²) in [7, 11) is 1.40. The lowest BCUT2D eigenvalue weighted by Gasteiger charge is -2.28. The zero-order valence-corrected chi connectivity index (χ0v) is 14.3. The summed E-state index contributed by atoms with van der Waals surface area (Å²) in [6.45, 7) is 0.956. The summed E-state index contributed by atoms with van der Waals surface area (Å²) in [5.74, 6) is -0.976. The number of carbonyl (C=O) groups excluding carboxylic acids is 2. The van der Waals surface area contributed by atoms with Gasteiger partial charge in [-0.1, -0.05) is 30.7 Å². The zero-order chi connectivity index (χ0) is 17.6. The summed E-state index contributed by atoms with van der Waals surface area (Å²) in [5, 5.41) is 1.90. The highest BCUT2D eigenvalue weighted by molar-refractivity contribution is 5.89. The van der Waals surface area contributed by atoms with Gasteiger partial charge in [0.25, 0.3) is 0 Å². The van der Waals surface area contributed by atoms with Crippen LogP contribution in [0.3, 0.4) is 0 Å². The molecule has 0 saturated carbocycles. The minimum atomic E-state index is -0.383. The second kappa shape index (κ2) is 8.27. The predicted octanol–water partition coefficient (Wildman–Crippen LogP) is 2.36. The van der Waals surface area contributed by atoms with Crippen LogP contribution in [-0.2, 0) is 19.1 Å². The van der Waals surface area contributed by atoms with Gasteiger partial charge in [0.05, 0.1) is 18.7 Å². The molecule has 1 aromatic carbocycles. The average molecular weight is 345 g/mol. The number of esters is 2. The Hall–Kier alpha value is -2.18. The molecule has 1 aromatic rings. The maximum absolute atomic E-state index is 12.2. The third-order valence-electron chi connectivity index (χ3n) is 4.64. The van der Waals surface area contributed by atoms with Crippen LogP contribution in [0.25, 0.3) is 0 Å². The number of fused-ring (bicyclic) bond motifs is 1. The van der Waals surface area contributed by atoms with Crippen molar-refractivity contribution in [2.45, 2.75) is 31.4 Å². The van der Waals surface area contributed by atoms with Gasteiger partial charge >= 0.3 is 11.9 Å². The summed E-state index contributed by atoms with van der Waals surface area (Å²) in [6.07, 6.45) is 6.20. The summed E-state index contributed by atoms with van der Waals surface area (Å²) in [4.78, 5) is 29.9. The summed E-state index contributed by atoms with van der Waals surface area (Å²) in [5.41, 5.74) is 0.512. The van der Waals surface area contributed by atoms with E-state index >= 15 is 0 Å². The van der Waals surface area contributed by atoms with Crippen LogP contribution in [0.5, 0.6) is 0 Å². The van der Waals surface area contributed by atoms with Gasteiger partial charge < -0.3 is 9.47 Å². The van der Waals surface area contributed by atoms with E-state index in [1.807, 2.05) is 11.1 Å². The van der Waals surface area contributed by atoms with Gasteiger partial charge in [-0.2, -0.15) is 5.06 Å². The van der Waals surface area contributed by atoms with Crippen molar-refractivity contribution in [2.75, 3.05) is 20.3 Å². The van der Waals surface area contributed by atoms with E-state index in [0.29, 0.717) is 5.56 Å². The maximum atomic E-state index is 12.2. The molecule has 0 unspecified atom stereocenters. The number of hydroxylamine groups is 2. The minimum Gasteiger partial charge on any atom is -0.469 e. The first-order chi connectivity index (χ1) is 12.2. The Morgan fingerprint density at radius 2 is 2.08 bits per heavy atom. The number of ether oxygens (including phenoxy) is 2. The Bertz CT molecular complexity index is 630. The molecular formula is C19H23NO5. The van der Waals surface area contributed by atoms with Crippen molar-refractivity contribution in [3.63, 3.8) is 0 Å². The molecule has 0 aromatic heterocycles. The molecule has 2 aliphatic rings. The molecule has 0 amide bonds.